The quantitative estimate of drug-likeness (QED) is 0.507. The van der Waals surface area contributed by atoms with Crippen LogP contribution in [0, 0.1) is 28.8 Å². The number of pyridine rings is 2. The number of nitriles is 1. The lowest BCUT2D eigenvalue weighted by Crippen LogP contribution is -2.45. The van der Waals surface area contributed by atoms with E-state index in [9.17, 15) is 28.2 Å². The molecule has 0 saturated carbocycles. The average Bonchev–Trinajstić information content (AvgIpc) is 2.83. The highest BCUT2D eigenvalue weighted by molar-refractivity contribution is 6.03. The van der Waals surface area contributed by atoms with E-state index in [1.807, 2.05) is 6.07 Å². The lowest BCUT2D eigenvalue weighted by atomic mass is 9.92. The maximum absolute atomic E-state index is 14.4. The van der Waals surface area contributed by atoms with Crippen LogP contribution < -0.4 is 5.32 Å². The van der Waals surface area contributed by atoms with Crippen LogP contribution in [0.4, 0.5) is 18.9 Å². The Kier molecular flexibility index (Phi) is 7.07. The molecule has 4 atom stereocenters. The molecule has 0 bridgehead atoms. The molecule has 0 spiro atoms. The number of nitrogens with one attached hydrogen (secondary N) is 1. The van der Waals surface area contributed by atoms with Crippen LogP contribution in [0.2, 0.25) is 0 Å². The van der Waals surface area contributed by atoms with Gasteiger partial charge in [0.2, 0.25) is 0 Å². The molecule has 3 aromatic rings. The van der Waals surface area contributed by atoms with Crippen molar-refractivity contribution in [1.29, 1.82) is 5.26 Å². The molecule has 35 heavy (non-hydrogen) atoms. The Morgan fingerprint density at radius 3 is 2.60 bits per heavy atom. The van der Waals surface area contributed by atoms with Gasteiger partial charge in [-0.05, 0) is 30.3 Å². The number of amides is 1. The summed E-state index contributed by atoms with van der Waals surface area (Å²) in [6.45, 7) is 0. The first kappa shape index (κ1) is 24.3. The molecule has 8 nitrogen and oxygen atoms in total. The van der Waals surface area contributed by atoms with E-state index >= 15 is 0 Å². The lowest BCUT2D eigenvalue weighted by Gasteiger charge is -2.37. The zero-order valence-electron chi connectivity index (χ0n) is 18.0. The minimum absolute atomic E-state index is 0.0124. The average molecular weight is 484 g/mol. The predicted octanol–water partition coefficient (Wildman–Crippen LogP) is 3.28. The number of anilines is 1. The van der Waals surface area contributed by atoms with Crippen LogP contribution in [-0.4, -0.2) is 44.4 Å². The first-order valence-corrected chi connectivity index (χ1v) is 10.5. The third-order valence-electron chi connectivity index (χ3n) is 5.59. The number of aromatic nitrogens is 2. The second-order valence-electron chi connectivity index (χ2n) is 7.86. The molecule has 1 aromatic carbocycles. The molecule has 180 valence electrons. The van der Waals surface area contributed by atoms with Gasteiger partial charge in [0.15, 0.2) is 0 Å². The van der Waals surface area contributed by atoms with Gasteiger partial charge >= 0.3 is 0 Å². The van der Waals surface area contributed by atoms with Gasteiger partial charge in [0.05, 0.1) is 48.2 Å². The number of aliphatic hydroxyl groups excluding tert-OH is 2. The van der Waals surface area contributed by atoms with Crippen molar-refractivity contribution in [2.75, 3.05) is 5.32 Å². The summed E-state index contributed by atoms with van der Waals surface area (Å²) in [5, 5.41) is 31.8. The molecule has 3 N–H and O–H groups in total. The molecule has 11 heteroatoms. The van der Waals surface area contributed by atoms with Crippen LogP contribution in [0.15, 0.2) is 48.8 Å². The number of hydrogen-bond donors (Lipinski definition) is 3. The van der Waals surface area contributed by atoms with Crippen LogP contribution in [0.1, 0.15) is 35.0 Å². The van der Waals surface area contributed by atoms with Crippen LogP contribution in [0.25, 0.3) is 11.3 Å². The number of aliphatic hydroxyl groups is 2. The van der Waals surface area contributed by atoms with E-state index in [2.05, 4.69) is 15.3 Å². The molecule has 1 aliphatic heterocycles. The normalized spacial score (nSPS) is 21.8. The summed E-state index contributed by atoms with van der Waals surface area (Å²) in [6.07, 6.45) is -1.56. The molecule has 1 fully saturated rings. The second-order valence-corrected chi connectivity index (χ2v) is 7.86. The molecule has 0 aliphatic carbocycles. The van der Waals surface area contributed by atoms with E-state index in [1.165, 1.54) is 18.5 Å². The largest absolute Gasteiger partial charge is 0.390 e. The summed E-state index contributed by atoms with van der Waals surface area (Å²) >= 11 is 0. The molecule has 0 radical (unpaired) electrons. The van der Waals surface area contributed by atoms with Gasteiger partial charge in [-0.1, -0.05) is 6.07 Å². The van der Waals surface area contributed by atoms with Crippen molar-refractivity contribution < 1.29 is 32.9 Å². The number of benzene rings is 1. The van der Waals surface area contributed by atoms with Gasteiger partial charge in [0, 0.05) is 18.2 Å². The fraction of sp³-hybridized carbons (Fsp3) is 0.250. The van der Waals surface area contributed by atoms with E-state index < -0.39 is 59.0 Å². The van der Waals surface area contributed by atoms with Crippen molar-refractivity contribution in [1.82, 2.24) is 9.97 Å². The van der Waals surface area contributed by atoms with E-state index in [1.54, 1.807) is 0 Å². The van der Waals surface area contributed by atoms with Crippen LogP contribution in [-0.2, 0) is 4.74 Å². The highest BCUT2D eigenvalue weighted by Gasteiger charge is 2.38. The molecule has 3 heterocycles. The van der Waals surface area contributed by atoms with Crippen molar-refractivity contribution in [3.05, 3.63) is 77.5 Å². The fourth-order valence-corrected chi connectivity index (χ4v) is 3.86. The Bertz CT molecular complexity index is 1280. The van der Waals surface area contributed by atoms with E-state index in [4.69, 9.17) is 10.00 Å². The molecule has 1 amide bonds. The van der Waals surface area contributed by atoms with Crippen LogP contribution >= 0.6 is 0 Å². The third-order valence-corrected chi connectivity index (χ3v) is 5.59. The van der Waals surface area contributed by atoms with Crippen molar-refractivity contribution in [3.63, 3.8) is 0 Å². The standard InChI is InChI=1S/C24H19F3N4O4/c25-13-2-1-3-14(26)21(13)22-15(27)4-5-16(30-22)24(34)31-17-11-29-9-7-12(17)20-10-18(32)23(33)19(35-20)6-8-28/h1-5,7,9,11,18-20,23,32-33H,6,10H2,(H,31,34). The van der Waals surface area contributed by atoms with Gasteiger partial charge in [-0.3, -0.25) is 9.78 Å². The minimum atomic E-state index is -1.24. The summed E-state index contributed by atoms with van der Waals surface area (Å²) < 4.78 is 48.5. The number of halogens is 3. The molecular weight excluding hydrogens is 465 g/mol. The summed E-state index contributed by atoms with van der Waals surface area (Å²) in [4.78, 5) is 20.7. The zero-order chi connectivity index (χ0) is 25.1. The van der Waals surface area contributed by atoms with Gasteiger partial charge in [0.1, 0.15) is 34.9 Å². The fourth-order valence-electron chi connectivity index (χ4n) is 3.86. The molecule has 1 aliphatic rings. The summed E-state index contributed by atoms with van der Waals surface area (Å²) in [6, 6.07) is 8.38. The number of ether oxygens (including phenoxy) is 1. The number of rotatable bonds is 5. The van der Waals surface area contributed by atoms with E-state index in [-0.39, 0.29) is 24.2 Å². The van der Waals surface area contributed by atoms with Crippen molar-refractivity contribution in [3.8, 4) is 17.3 Å². The molecule has 2 aromatic heterocycles. The van der Waals surface area contributed by atoms with Crippen LogP contribution in [0.3, 0.4) is 0 Å². The van der Waals surface area contributed by atoms with Gasteiger partial charge in [-0.2, -0.15) is 5.26 Å². The summed E-state index contributed by atoms with van der Waals surface area (Å²) in [7, 11) is 0. The zero-order valence-corrected chi connectivity index (χ0v) is 18.0. The minimum Gasteiger partial charge on any atom is -0.390 e. The van der Waals surface area contributed by atoms with Gasteiger partial charge in [-0.25, -0.2) is 18.2 Å². The first-order valence-electron chi connectivity index (χ1n) is 10.5. The number of nitrogens with zero attached hydrogens (tertiary/aromatic N) is 3. The number of carbonyl (C=O) groups excluding carboxylic acids is 1. The predicted molar refractivity (Wildman–Crippen MR) is 116 cm³/mol. The summed E-state index contributed by atoms with van der Waals surface area (Å²) in [5.41, 5.74) is -1.10. The van der Waals surface area contributed by atoms with Crippen molar-refractivity contribution >= 4 is 11.6 Å². The molecule has 4 rings (SSSR count). The number of hydrogen-bond acceptors (Lipinski definition) is 7. The third kappa shape index (κ3) is 5.00. The SMILES string of the molecule is N#CCC1OC(c2ccncc2NC(=O)c2ccc(F)c(-c3c(F)cccc3F)n2)CC(O)C1O. The van der Waals surface area contributed by atoms with E-state index in [0.717, 1.165) is 30.3 Å². The smallest absolute Gasteiger partial charge is 0.274 e. The topological polar surface area (TPSA) is 128 Å². The van der Waals surface area contributed by atoms with Crippen LogP contribution in [0.5, 0.6) is 0 Å². The second kappa shape index (κ2) is 10.2. The molecule has 4 unspecified atom stereocenters. The Morgan fingerprint density at radius 2 is 1.89 bits per heavy atom. The first-order chi connectivity index (χ1) is 16.8. The van der Waals surface area contributed by atoms with Gasteiger partial charge in [-0.15, -0.1) is 0 Å². The van der Waals surface area contributed by atoms with Gasteiger partial charge in [0.25, 0.3) is 5.91 Å². The highest BCUT2D eigenvalue weighted by Crippen LogP contribution is 2.36. The monoisotopic (exact) mass is 484 g/mol. The Balaban J connectivity index is 1.62. The molecule has 1 saturated heterocycles. The van der Waals surface area contributed by atoms with Gasteiger partial charge < -0.3 is 20.3 Å². The highest BCUT2D eigenvalue weighted by atomic mass is 19.1. The van der Waals surface area contributed by atoms with E-state index in [0.29, 0.717) is 5.56 Å². The molecular formula is C24H19F3N4O4. The maximum Gasteiger partial charge on any atom is 0.274 e. The Labute approximate surface area is 197 Å². The van der Waals surface area contributed by atoms with Crippen molar-refractivity contribution in [2.24, 2.45) is 0 Å². The Morgan fingerprint density at radius 1 is 1.14 bits per heavy atom. The summed E-state index contributed by atoms with van der Waals surface area (Å²) in [5.74, 6) is -3.90. The lowest BCUT2D eigenvalue weighted by molar-refractivity contribution is -0.168. The maximum atomic E-state index is 14.4. The number of carbonyl (C=O) groups is 1. The Hall–Kier alpha value is -3.85. The van der Waals surface area contributed by atoms with Crippen molar-refractivity contribution in [2.45, 2.75) is 37.3 Å².